The smallest absolute Gasteiger partial charge is 0.0946 e. The van der Waals surface area contributed by atoms with Gasteiger partial charge in [-0.05, 0) is 6.92 Å². The average molecular weight is 156 g/mol. The summed E-state index contributed by atoms with van der Waals surface area (Å²) in [7, 11) is 0. The minimum Gasteiger partial charge on any atom is -0.392 e. The van der Waals surface area contributed by atoms with Crippen LogP contribution in [0.5, 0.6) is 0 Å². The summed E-state index contributed by atoms with van der Waals surface area (Å²) in [5.41, 5.74) is 0. The number of hydrogen-bond acceptors (Lipinski definition) is 2. The van der Waals surface area contributed by atoms with Gasteiger partial charge in [0.05, 0.1) is 12.4 Å². The lowest BCUT2D eigenvalue weighted by Crippen LogP contribution is -2.09. The molecule has 0 aliphatic carbocycles. The topological polar surface area (TPSA) is 38.0 Å². The number of imidazole rings is 1. The molecule has 0 unspecified atom stereocenters. The third-order valence-electron chi connectivity index (χ3n) is 1.03. The Kier molecular flexibility index (Phi) is 5.47. The predicted molar refractivity (Wildman–Crippen MR) is 45.3 cm³/mol. The lowest BCUT2D eigenvalue weighted by Gasteiger charge is -2.02. The summed E-state index contributed by atoms with van der Waals surface area (Å²) < 4.78 is 1.84. The molecule has 1 heterocycles. The molecule has 1 aromatic heterocycles. The van der Waals surface area contributed by atoms with Crippen LogP contribution in [0.3, 0.4) is 0 Å². The number of aliphatic hydroxyl groups excluding tert-OH is 1. The van der Waals surface area contributed by atoms with E-state index in [0.29, 0.717) is 6.54 Å². The molecule has 0 amide bonds. The largest absolute Gasteiger partial charge is 0.392 e. The van der Waals surface area contributed by atoms with Gasteiger partial charge >= 0.3 is 0 Å². The molecule has 64 valence electrons. The quantitative estimate of drug-likeness (QED) is 0.700. The fourth-order valence-electron chi connectivity index (χ4n) is 0.700. The summed E-state index contributed by atoms with van der Waals surface area (Å²) in [6.07, 6.45) is 4.92. The van der Waals surface area contributed by atoms with Gasteiger partial charge in [0, 0.05) is 18.9 Å². The van der Waals surface area contributed by atoms with Gasteiger partial charge in [-0.1, -0.05) is 13.8 Å². The second-order valence-electron chi connectivity index (χ2n) is 2.11. The number of rotatable bonds is 2. The standard InChI is InChI=1S/C6H10N2O.C2H6/c1-6(9)4-8-3-2-7-5-8;1-2/h2-3,5-6,9H,4H2,1H3;1-2H3/t6-;/m1./s1. The van der Waals surface area contributed by atoms with E-state index in [1.807, 2.05) is 24.6 Å². The van der Waals surface area contributed by atoms with Crippen molar-refractivity contribution in [3.05, 3.63) is 18.7 Å². The molecule has 3 heteroatoms. The van der Waals surface area contributed by atoms with Crippen molar-refractivity contribution < 1.29 is 5.11 Å². The highest BCUT2D eigenvalue weighted by Gasteiger charge is 1.94. The van der Waals surface area contributed by atoms with Gasteiger partial charge < -0.3 is 9.67 Å². The third-order valence-corrected chi connectivity index (χ3v) is 1.03. The first-order chi connectivity index (χ1) is 5.29. The Morgan fingerprint density at radius 1 is 1.55 bits per heavy atom. The molecule has 1 atom stereocenters. The SMILES string of the molecule is CC.C[C@@H](O)Cn1ccnc1. The van der Waals surface area contributed by atoms with Gasteiger partial charge in [0.15, 0.2) is 0 Å². The minimum atomic E-state index is -0.292. The summed E-state index contributed by atoms with van der Waals surface area (Å²) >= 11 is 0. The molecule has 0 spiro atoms. The van der Waals surface area contributed by atoms with E-state index in [0.717, 1.165) is 0 Å². The van der Waals surface area contributed by atoms with Crippen LogP contribution in [-0.2, 0) is 6.54 Å². The van der Waals surface area contributed by atoms with Crippen molar-refractivity contribution in [1.82, 2.24) is 9.55 Å². The summed E-state index contributed by atoms with van der Waals surface area (Å²) in [6, 6.07) is 0. The maximum atomic E-state index is 8.88. The molecule has 0 aromatic carbocycles. The number of hydrogen-bond donors (Lipinski definition) is 1. The van der Waals surface area contributed by atoms with Crippen molar-refractivity contribution in [3.63, 3.8) is 0 Å². The molecule has 0 fully saturated rings. The van der Waals surface area contributed by atoms with E-state index in [-0.39, 0.29) is 6.10 Å². The third kappa shape index (κ3) is 4.56. The van der Waals surface area contributed by atoms with Crippen LogP contribution < -0.4 is 0 Å². The van der Waals surface area contributed by atoms with Gasteiger partial charge in [0.1, 0.15) is 0 Å². The van der Waals surface area contributed by atoms with Crippen molar-refractivity contribution in [2.75, 3.05) is 0 Å². The van der Waals surface area contributed by atoms with E-state index in [4.69, 9.17) is 5.11 Å². The van der Waals surface area contributed by atoms with E-state index in [1.165, 1.54) is 0 Å². The minimum absolute atomic E-state index is 0.292. The molecule has 1 aromatic rings. The van der Waals surface area contributed by atoms with Gasteiger partial charge in [0.25, 0.3) is 0 Å². The zero-order valence-electron chi connectivity index (χ0n) is 7.36. The molecule has 1 N–H and O–H groups in total. The van der Waals surface area contributed by atoms with Crippen LogP contribution in [0.15, 0.2) is 18.7 Å². The van der Waals surface area contributed by atoms with Crippen LogP contribution in [0, 0.1) is 0 Å². The highest BCUT2D eigenvalue weighted by Crippen LogP contribution is 1.89. The molecular weight excluding hydrogens is 140 g/mol. The molecule has 0 radical (unpaired) electrons. The summed E-state index contributed by atoms with van der Waals surface area (Å²) in [4.78, 5) is 3.83. The van der Waals surface area contributed by atoms with E-state index in [9.17, 15) is 0 Å². The van der Waals surface area contributed by atoms with Crippen molar-refractivity contribution in [2.24, 2.45) is 0 Å². The second kappa shape index (κ2) is 5.92. The van der Waals surface area contributed by atoms with Gasteiger partial charge in [-0.3, -0.25) is 0 Å². The van der Waals surface area contributed by atoms with Crippen LogP contribution >= 0.6 is 0 Å². The fourth-order valence-corrected chi connectivity index (χ4v) is 0.700. The molecule has 0 bridgehead atoms. The predicted octanol–water partition coefficient (Wildman–Crippen LogP) is 1.29. The average Bonchev–Trinajstić information content (AvgIpc) is 2.43. The molecule has 0 saturated heterocycles. The van der Waals surface area contributed by atoms with Crippen molar-refractivity contribution in [1.29, 1.82) is 0 Å². The molecule has 3 nitrogen and oxygen atoms in total. The highest BCUT2D eigenvalue weighted by atomic mass is 16.3. The van der Waals surface area contributed by atoms with Gasteiger partial charge in [0.2, 0.25) is 0 Å². The first kappa shape index (κ1) is 10.2. The van der Waals surface area contributed by atoms with Crippen molar-refractivity contribution in [3.8, 4) is 0 Å². The van der Waals surface area contributed by atoms with Gasteiger partial charge in [-0.2, -0.15) is 0 Å². The number of nitrogens with zero attached hydrogens (tertiary/aromatic N) is 2. The van der Waals surface area contributed by atoms with Crippen LogP contribution in [-0.4, -0.2) is 20.8 Å². The maximum absolute atomic E-state index is 8.88. The molecule has 11 heavy (non-hydrogen) atoms. The normalized spacial score (nSPS) is 11.6. The summed E-state index contributed by atoms with van der Waals surface area (Å²) in [5.74, 6) is 0. The Morgan fingerprint density at radius 3 is 2.55 bits per heavy atom. The Bertz CT molecular complexity index is 159. The Morgan fingerprint density at radius 2 is 2.18 bits per heavy atom. The monoisotopic (exact) mass is 156 g/mol. The number of aromatic nitrogens is 2. The lowest BCUT2D eigenvalue weighted by molar-refractivity contribution is 0.173. The first-order valence-electron chi connectivity index (χ1n) is 3.93. The molecular formula is C8H16N2O. The Labute approximate surface area is 67.7 Å². The fraction of sp³-hybridized carbons (Fsp3) is 0.625. The van der Waals surface area contributed by atoms with Crippen molar-refractivity contribution in [2.45, 2.75) is 33.4 Å². The summed E-state index contributed by atoms with van der Waals surface area (Å²) in [5, 5.41) is 8.88. The first-order valence-corrected chi connectivity index (χ1v) is 3.93. The molecule has 0 aliphatic rings. The van der Waals surface area contributed by atoms with Crippen LogP contribution in [0.1, 0.15) is 20.8 Å². The van der Waals surface area contributed by atoms with E-state index in [2.05, 4.69) is 4.98 Å². The molecule has 0 aliphatic heterocycles. The zero-order chi connectivity index (χ0) is 8.69. The number of aliphatic hydroxyl groups is 1. The molecule has 1 rings (SSSR count). The van der Waals surface area contributed by atoms with Crippen LogP contribution in [0.25, 0.3) is 0 Å². The Hall–Kier alpha value is -0.830. The maximum Gasteiger partial charge on any atom is 0.0946 e. The van der Waals surface area contributed by atoms with Crippen LogP contribution in [0.2, 0.25) is 0 Å². The van der Waals surface area contributed by atoms with E-state index >= 15 is 0 Å². The van der Waals surface area contributed by atoms with Gasteiger partial charge in [-0.15, -0.1) is 0 Å². The zero-order valence-corrected chi connectivity index (χ0v) is 7.36. The van der Waals surface area contributed by atoms with Gasteiger partial charge in [-0.25, -0.2) is 4.98 Å². The van der Waals surface area contributed by atoms with Crippen LogP contribution in [0.4, 0.5) is 0 Å². The molecule has 0 saturated carbocycles. The highest BCUT2D eigenvalue weighted by molar-refractivity contribution is 4.74. The summed E-state index contributed by atoms with van der Waals surface area (Å²) in [6.45, 7) is 6.38. The lowest BCUT2D eigenvalue weighted by atomic mass is 10.4. The Balaban J connectivity index is 0.000000461. The van der Waals surface area contributed by atoms with Crippen molar-refractivity contribution >= 4 is 0 Å². The van der Waals surface area contributed by atoms with E-state index < -0.39 is 0 Å². The van der Waals surface area contributed by atoms with E-state index in [1.54, 1.807) is 19.4 Å². The second-order valence-corrected chi connectivity index (χ2v) is 2.11.